The van der Waals surface area contributed by atoms with E-state index < -0.39 is 0 Å². The van der Waals surface area contributed by atoms with E-state index in [9.17, 15) is 0 Å². The van der Waals surface area contributed by atoms with Crippen molar-refractivity contribution >= 4 is 0 Å². The molecule has 0 aliphatic carbocycles. The van der Waals surface area contributed by atoms with Gasteiger partial charge in [0.25, 0.3) is 0 Å². The molecule has 0 amide bonds. The zero-order valence-electron chi connectivity index (χ0n) is 15.5. The van der Waals surface area contributed by atoms with Crippen molar-refractivity contribution < 1.29 is 0 Å². The molecular formula is C22H40. The number of hydrogen-bond acceptors (Lipinski definition) is 0. The molecule has 0 rings (SSSR count). The molecule has 0 aliphatic heterocycles. The van der Waals surface area contributed by atoms with Gasteiger partial charge in [-0.05, 0) is 18.8 Å². The molecule has 0 saturated carbocycles. The number of hydrogen-bond donors (Lipinski definition) is 0. The van der Waals surface area contributed by atoms with Gasteiger partial charge in [0.15, 0.2) is 0 Å². The van der Waals surface area contributed by atoms with Crippen molar-refractivity contribution in [2.24, 2.45) is 5.92 Å². The zero-order chi connectivity index (χ0) is 16.3. The molecule has 0 saturated heterocycles. The van der Waals surface area contributed by atoms with Crippen molar-refractivity contribution in [3.05, 3.63) is 36.5 Å². The van der Waals surface area contributed by atoms with Crippen molar-refractivity contribution in [2.75, 3.05) is 0 Å². The van der Waals surface area contributed by atoms with E-state index in [1.807, 2.05) is 0 Å². The Hall–Kier alpha value is -0.780. The Morgan fingerprint density at radius 3 is 1.64 bits per heavy atom. The molecule has 128 valence electrons. The quantitative estimate of drug-likeness (QED) is 0.212. The van der Waals surface area contributed by atoms with E-state index >= 15 is 0 Å². The Kier molecular flexibility index (Phi) is 17.6. The summed E-state index contributed by atoms with van der Waals surface area (Å²) in [5.41, 5.74) is 0. The molecule has 0 atom stereocenters. The van der Waals surface area contributed by atoms with E-state index in [1.165, 1.54) is 77.0 Å². The monoisotopic (exact) mass is 304 g/mol. The lowest BCUT2D eigenvalue weighted by molar-refractivity contribution is 0.550. The van der Waals surface area contributed by atoms with E-state index in [4.69, 9.17) is 0 Å². The highest BCUT2D eigenvalue weighted by atomic mass is 14.0. The SMILES string of the molecule is CCCCCCCCCCCCCC=CC=CC=CC(C)C. The van der Waals surface area contributed by atoms with Gasteiger partial charge in [0.1, 0.15) is 0 Å². The molecule has 0 fully saturated rings. The highest BCUT2D eigenvalue weighted by molar-refractivity contribution is 5.11. The second-order valence-electron chi connectivity index (χ2n) is 6.77. The molecule has 0 aliphatic rings. The van der Waals surface area contributed by atoms with E-state index in [0.717, 1.165) is 0 Å². The van der Waals surface area contributed by atoms with Gasteiger partial charge in [0.2, 0.25) is 0 Å². The van der Waals surface area contributed by atoms with Gasteiger partial charge in [-0.3, -0.25) is 0 Å². The maximum absolute atomic E-state index is 2.30. The van der Waals surface area contributed by atoms with Gasteiger partial charge in [-0.2, -0.15) is 0 Å². The summed E-state index contributed by atoms with van der Waals surface area (Å²) in [6, 6.07) is 0. The van der Waals surface area contributed by atoms with Crippen molar-refractivity contribution in [1.82, 2.24) is 0 Å². The molecule has 0 heterocycles. The van der Waals surface area contributed by atoms with Crippen LogP contribution >= 0.6 is 0 Å². The standard InChI is InChI=1S/C22H40/c1-4-5-6-7-8-9-10-11-12-13-14-15-16-17-18-19-20-21-22(2)3/h16-22H,4-15H2,1-3H3. The van der Waals surface area contributed by atoms with Gasteiger partial charge in [-0.15, -0.1) is 0 Å². The van der Waals surface area contributed by atoms with Crippen LogP contribution in [0, 0.1) is 5.92 Å². The van der Waals surface area contributed by atoms with Crippen LogP contribution in [0.2, 0.25) is 0 Å². The molecule has 0 heteroatoms. The summed E-state index contributed by atoms with van der Waals surface area (Å²) in [4.78, 5) is 0. The topological polar surface area (TPSA) is 0 Å². The van der Waals surface area contributed by atoms with Gasteiger partial charge in [-0.1, -0.05) is 121 Å². The maximum atomic E-state index is 2.30. The van der Waals surface area contributed by atoms with Gasteiger partial charge in [0, 0.05) is 0 Å². The second-order valence-corrected chi connectivity index (χ2v) is 6.77. The van der Waals surface area contributed by atoms with Gasteiger partial charge in [0.05, 0.1) is 0 Å². The van der Waals surface area contributed by atoms with E-state index in [2.05, 4.69) is 57.2 Å². The van der Waals surface area contributed by atoms with Crippen molar-refractivity contribution in [1.29, 1.82) is 0 Å². The predicted octanol–water partition coefficient (Wildman–Crippen LogP) is 8.01. The largest absolute Gasteiger partial charge is 0.0845 e. The van der Waals surface area contributed by atoms with Crippen LogP contribution in [0.25, 0.3) is 0 Å². The fourth-order valence-corrected chi connectivity index (χ4v) is 2.52. The summed E-state index contributed by atoms with van der Waals surface area (Å²) < 4.78 is 0. The lowest BCUT2D eigenvalue weighted by Crippen LogP contribution is -1.81. The van der Waals surface area contributed by atoms with Gasteiger partial charge >= 0.3 is 0 Å². The molecule has 0 spiro atoms. The summed E-state index contributed by atoms with van der Waals surface area (Å²) in [5.74, 6) is 0.643. The normalized spacial score (nSPS) is 12.5. The molecule has 0 unspecified atom stereocenters. The molecule has 0 radical (unpaired) electrons. The third-order valence-electron chi connectivity index (χ3n) is 3.94. The average molecular weight is 305 g/mol. The lowest BCUT2D eigenvalue weighted by Gasteiger charge is -2.01. The first kappa shape index (κ1) is 21.2. The molecule has 0 aromatic carbocycles. The average Bonchev–Trinajstić information content (AvgIpc) is 2.50. The van der Waals surface area contributed by atoms with Crippen LogP contribution in [-0.2, 0) is 0 Å². The molecule has 22 heavy (non-hydrogen) atoms. The highest BCUT2D eigenvalue weighted by Gasteiger charge is 1.92. The predicted molar refractivity (Wildman–Crippen MR) is 103 cm³/mol. The summed E-state index contributed by atoms with van der Waals surface area (Å²) >= 11 is 0. The Labute approximate surface area is 140 Å². The Bertz CT molecular complexity index is 280. The number of allylic oxidation sites excluding steroid dienone is 6. The Morgan fingerprint density at radius 2 is 1.09 bits per heavy atom. The minimum Gasteiger partial charge on any atom is -0.0845 e. The van der Waals surface area contributed by atoms with Crippen LogP contribution in [0.4, 0.5) is 0 Å². The van der Waals surface area contributed by atoms with Gasteiger partial charge < -0.3 is 0 Å². The highest BCUT2D eigenvalue weighted by Crippen LogP contribution is 2.11. The second kappa shape index (κ2) is 18.3. The van der Waals surface area contributed by atoms with Crippen molar-refractivity contribution in [3.8, 4) is 0 Å². The van der Waals surface area contributed by atoms with Crippen molar-refractivity contribution in [3.63, 3.8) is 0 Å². The van der Waals surface area contributed by atoms with Gasteiger partial charge in [-0.25, -0.2) is 0 Å². The first-order valence-electron chi connectivity index (χ1n) is 9.77. The van der Waals surface area contributed by atoms with Crippen LogP contribution in [-0.4, -0.2) is 0 Å². The first-order chi connectivity index (χ1) is 10.8. The fraction of sp³-hybridized carbons (Fsp3) is 0.727. The smallest absolute Gasteiger partial charge is 0.0287 e. The van der Waals surface area contributed by atoms with E-state index in [1.54, 1.807) is 0 Å². The molecule has 0 aromatic heterocycles. The summed E-state index contributed by atoms with van der Waals surface area (Å²) in [5, 5.41) is 0. The Morgan fingerprint density at radius 1 is 0.591 bits per heavy atom. The lowest BCUT2D eigenvalue weighted by atomic mass is 10.1. The summed E-state index contributed by atoms with van der Waals surface area (Å²) in [6.07, 6.45) is 30.0. The third-order valence-corrected chi connectivity index (χ3v) is 3.94. The van der Waals surface area contributed by atoms with Crippen LogP contribution < -0.4 is 0 Å². The van der Waals surface area contributed by atoms with Crippen LogP contribution in [0.5, 0.6) is 0 Å². The van der Waals surface area contributed by atoms with Crippen LogP contribution in [0.1, 0.15) is 97.8 Å². The molecule has 0 aromatic rings. The van der Waals surface area contributed by atoms with Crippen molar-refractivity contribution in [2.45, 2.75) is 97.8 Å². The minimum atomic E-state index is 0.643. The van der Waals surface area contributed by atoms with Crippen LogP contribution in [0.3, 0.4) is 0 Å². The van der Waals surface area contributed by atoms with E-state index in [-0.39, 0.29) is 0 Å². The molecular weight excluding hydrogens is 264 g/mol. The number of rotatable bonds is 15. The van der Waals surface area contributed by atoms with E-state index in [0.29, 0.717) is 5.92 Å². The number of unbranched alkanes of at least 4 members (excludes halogenated alkanes) is 11. The molecule has 0 N–H and O–H groups in total. The first-order valence-corrected chi connectivity index (χ1v) is 9.77. The fourth-order valence-electron chi connectivity index (χ4n) is 2.52. The maximum Gasteiger partial charge on any atom is -0.0287 e. The van der Waals surface area contributed by atoms with Crippen LogP contribution in [0.15, 0.2) is 36.5 Å². The molecule has 0 nitrogen and oxygen atoms in total. The summed E-state index contributed by atoms with van der Waals surface area (Å²) in [6.45, 7) is 6.69. The third kappa shape index (κ3) is 19.2. The minimum absolute atomic E-state index is 0.643. The zero-order valence-corrected chi connectivity index (χ0v) is 15.5. The summed E-state index contributed by atoms with van der Waals surface area (Å²) in [7, 11) is 0. The Balaban J connectivity index is 3.20. The molecule has 0 bridgehead atoms.